The molecule has 0 atom stereocenters. The monoisotopic (exact) mass is 386 g/mol. The van der Waals surface area contributed by atoms with Crippen molar-refractivity contribution in [2.75, 3.05) is 12.4 Å². The lowest BCUT2D eigenvalue weighted by molar-refractivity contribution is -0.118. The number of methoxy groups -OCH3 is 1. The van der Waals surface area contributed by atoms with Gasteiger partial charge in [-0.2, -0.15) is 0 Å². The molecule has 0 radical (unpaired) electrons. The standard InChI is InChI=1S/C25H26N2O2/c1-17-3-10-21(15-23(17)19-6-4-18(16-26)5-7-19)27-24(28)25(13-14-25)20-8-11-22(29-2)12-9-20/h3-12,15H,13-14,16,26H2,1-2H3,(H,27,28). The lowest BCUT2D eigenvalue weighted by Crippen LogP contribution is -2.27. The third-order valence-electron chi connectivity index (χ3n) is 5.82. The number of anilines is 1. The summed E-state index contributed by atoms with van der Waals surface area (Å²) in [7, 11) is 1.65. The van der Waals surface area contributed by atoms with Crippen molar-refractivity contribution in [3.8, 4) is 16.9 Å². The minimum Gasteiger partial charge on any atom is -0.497 e. The molecule has 148 valence electrons. The molecule has 4 heteroatoms. The molecule has 4 rings (SSSR count). The summed E-state index contributed by atoms with van der Waals surface area (Å²) >= 11 is 0. The van der Waals surface area contributed by atoms with Gasteiger partial charge in [0.05, 0.1) is 12.5 Å². The fourth-order valence-corrected chi connectivity index (χ4v) is 3.76. The van der Waals surface area contributed by atoms with Crippen LogP contribution in [0.3, 0.4) is 0 Å². The Bertz CT molecular complexity index is 1020. The van der Waals surface area contributed by atoms with Gasteiger partial charge in [0.15, 0.2) is 0 Å². The third-order valence-corrected chi connectivity index (χ3v) is 5.82. The molecule has 0 aromatic heterocycles. The zero-order valence-corrected chi connectivity index (χ0v) is 16.9. The van der Waals surface area contributed by atoms with Crippen LogP contribution in [0.2, 0.25) is 0 Å². The van der Waals surface area contributed by atoms with Crippen molar-refractivity contribution in [3.05, 3.63) is 83.4 Å². The first kappa shape index (κ1) is 19.2. The lowest BCUT2D eigenvalue weighted by Gasteiger charge is -2.17. The van der Waals surface area contributed by atoms with Crippen LogP contribution < -0.4 is 15.8 Å². The number of nitrogens with one attached hydrogen (secondary N) is 1. The molecule has 0 unspecified atom stereocenters. The number of hydrogen-bond donors (Lipinski definition) is 2. The van der Waals surface area contributed by atoms with E-state index in [0.717, 1.165) is 46.5 Å². The summed E-state index contributed by atoms with van der Waals surface area (Å²) in [6, 6.07) is 22.1. The molecular formula is C25H26N2O2. The van der Waals surface area contributed by atoms with Crippen LogP contribution in [0.1, 0.15) is 29.5 Å². The van der Waals surface area contributed by atoms with Gasteiger partial charge in [0.1, 0.15) is 5.75 Å². The van der Waals surface area contributed by atoms with Gasteiger partial charge in [-0.15, -0.1) is 0 Å². The van der Waals surface area contributed by atoms with Crippen molar-refractivity contribution in [3.63, 3.8) is 0 Å². The largest absolute Gasteiger partial charge is 0.497 e. The van der Waals surface area contributed by atoms with E-state index < -0.39 is 5.41 Å². The number of rotatable bonds is 6. The van der Waals surface area contributed by atoms with Crippen molar-refractivity contribution in [2.45, 2.75) is 31.7 Å². The second-order valence-corrected chi connectivity index (χ2v) is 7.70. The summed E-state index contributed by atoms with van der Waals surface area (Å²) in [5.41, 5.74) is 11.6. The summed E-state index contributed by atoms with van der Waals surface area (Å²) in [6.45, 7) is 2.61. The quantitative estimate of drug-likeness (QED) is 0.640. The van der Waals surface area contributed by atoms with Crippen molar-refractivity contribution in [1.82, 2.24) is 0 Å². The van der Waals surface area contributed by atoms with Crippen LogP contribution >= 0.6 is 0 Å². The molecule has 1 fully saturated rings. The zero-order valence-electron chi connectivity index (χ0n) is 16.9. The highest BCUT2D eigenvalue weighted by Crippen LogP contribution is 2.49. The predicted octanol–water partition coefficient (Wildman–Crippen LogP) is 4.80. The molecule has 0 aliphatic heterocycles. The van der Waals surface area contributed by atoms with E-state index in [-0.39, 0.29) is 5.91 Å². The number of hydrogen-bond acceptors (Lipinski definition) is 3. The average Bonchev–Trinajstić information content (AvgIpc) is 3.57. The molecule has 1 aliphatic carbocycles. The summed E-state index contributed by atoms with van der Waals surface area (Å²) in [6.07, 6.45) is 1.73. The Morgan fingerprint density at radius 1 is 1.03 bits per heavy atom. The van der Waals surface area contributed by atoms with Crippen molar-refractivity contribution in [2.24, 2.45) is 5.73 Å². The van der Waals surface area contributed by atoms with Crippen molar-refractivity contribution >= 4 is 11.6 Å². The van der Waals surface area contributed by atoms with Gasteiger partial charge >= 0.3 is 0 Å². The van der Waals surface area contributed by atoms with Crippen LogP contribution in [0.15, 0.2) is 66.7 Å². The second kappa shape index (κ2) is 7.72. The van der Waals surface area contributed by atoms with E-state index in [1.165, 1.54) is 5.56 Å². The molecule has 0 bridgehead atoms. The normalized spacial score (nSPS) is 14.3. The predicted molar refractivity (Wildman–Crippen MR) is 117 cm³/mol. The first-order valence-corrected chi connectivity index (χ1v) is 9.92. The minimum absolute atomic E-state index is 0.0518. The van der Waals surface area contributed by atoms with Crippen LogP contribution in [0.4, 0.5) is 5.69 Å². The Balaban J connectivity index is 1.56. The van der Waals surface area contributed by atoms with Gasteiger partial charge in [0, 0.05) is 12.2 Å². The minimum atomic E-state index is -0.430. The molecule has 0 spiro atoms. The molecule has 1 saturated carbocycles. The molecule has 4 nitrogen and oxygen atoms in total. The maximum absolute atomic E-state index is 13.1. The molecular weight excluding hydrogens is 360 g/mol. The number of aryl methyl sites for hydroxylation is 1. The van der Waals surface area contributed by atoms with Gasteiger partial charge < -0.3 is 15.8 Å². The third kappa shape index (κ3) is 3.76. The Kier molecular flexibility index (Phi) is 5.12. The molecule has 3 N–H and O–H groups in total. The van der Waals surface area contributed by atoms with Crippen molar-refractivity contribution < 1.29 is 9.53 Å². The SMILES string of the molecule is COc1ccc(C2(C(=O)Nc3ccc(C)c(-c4ccc(CN)cc4)c3)CC2)cc1. The Labute approximate surface area is 171 Å². The fraction of sp³-hybridized carbons (Fsp3) is 0.240. The molecule has 0 heterocycles. The van der Waals surface area contributed by atoms with Crippen LogP contribution in [0.5, 0.6) is 5.75 Å². The summed E-state index contributed by atoms with van der Waals surface area (Å²) in [4.78, 5) is 13.1. The number of nitrogens with two attached hydrogens (primary N) is 1. The molecule has 1 amide bonds. The summed E-state index contributed by atoms with van der Waals surface area (Å²) in [5.74, 6) is 0.852. The van der Waals surface area contributed by atoms with E-state index in [1.54, 1.807) is 7.11 Å². The highest BCUT2D eigenvalue weighted by molar-refractivity contribution is 6.01. The molecule has 3 aromatic carbocycles. The first-order valence-electron chi connectivity index (χ1n) is 9.92. The average molecular weight is 386 g/mol. The van der Waals surface area contributed by atoms with Crippen LogP contribution in [-0.4, -0.2) is 13.0 Å². The molecule has 0 saturated heterocycles. The Morgan fingerprint density at radius 3 is 2.31 bits per heavy atom. The van der Waals surface area contributed by atoms with Gasteiger partial charge in [-0.1, -0.05) is 42.5 Å². The van der Waals surface area contributed by atoms with Crippen LogP contribution in [0.25, 0.3) is 11.1 Å². The fourth-order valence-electron chi connectivity index (χ4n) is 3.76. The van der Waals surface area contributed by atoms with Gasteiger partial charge in [0.25, 0.3) is 0 Å². The van der Waals surface area contributed by atoms with E-state index in [4.69, 9.17) is 10.5 Å². The molecule has 29 heavy (non-hydrogen) atoms. The lowest BCUT2D eigenvalue weighted by atomic mass is 9.94. The van der Waals surface area contributed by atoms with Gasteiger partial charge in [-0.25, -0.2) is 0 Å². The topological polar surface area (TPSA) is 64.3 Å². The maximum Gasteiger partial charge on any atom is 0.235 e. The summed E-state index contributed by atoms with van der Waals surface area (Å²) in [5, 5.41) is 3.14. The van der Waals surface area contributed by atoms with Crippen LogP contribution in [0, 0.1) is 6.92 Å². The number of carbonyl (C=O) groups is 1. The Hall–Kier alpha value is -3.11. The number of ether oxygens (including phenoxy) is 1. The van der Waals surface area contributed by atoms with E-state index in [1.807, 2.05) is 42.5 Å². The maximum atomic E-state index is 13.1. The number of benzene rings is 3. The van der Waals surface area contributed by atoms with Crippen LogP contribution in [-0.2, 0) is 16.8 Å². The second-order valence-electron chi connectivity index (χ2n) is 7.70. The van der Waals surface area contributed by atoms with Crippen molar-refractivity contribution in [1.29, 1.82) is 0 Å². The summed E-state index contributed by atoms with van der Waals surface area (Å²) < 4.78 is 5.23. The smallest absolute Gasteiger partial charge is 0.235 e. The van der Waals surface area contributed by atoms with Gasteiger partial charge in [-0.05, 0) is 71.8 Å². The Morgan fingerprint density at radius 2 is 1.72 bits per heavy atom. The highest BCUT2D eigenvalue weighted by atomic mass is 16.5. The number of amides is 1. The van der Waals surface area contributed by atoms with E-state index >= 15 is 0 Å². The first-order chi connectivity index (χ1) is 14.1. The molecule has 3 aromatic rings. The van der Waals surface area contributed by atoms with E-state index in [9.17, 15) is 4.79 Å². The number of carbonyl (C=O) groups excluding carboxylic acids is 1. The van der Waals surface area contributed by atoms with E-state index in [0.29, 0.717) is 6.54 Å². The van der Waals surface area contributed by atoms with Gasteiger partial charge in [-0.3, -0.25) is 4.79 Å². The highest BCUT2D eigenvalue weighted by Gasteiger charge is 2.51. The van der Waals surface area contributed by atoms with E-state index in [2.05, 4.69) is 36.5 Å². The molecule has 1 aliphatic rings. The van der Waals surface area contributed by atoms with Gasteiger partial charge in [0.2, 0.25) is 5.91 Å². The zero-order chi connectivity index (χ0) is 20.4.